The van der Waals surface area contributed by atoms with Crippen LogP contribution >= 0.6 is 0 Å². The summed E-state index contributed by atoms with van der Waals surface area (Å²) >= 11 is 0. The van der Waals surface area contributed by atoms with Gasteiger partial charge in [-0.3, -0.25) is 4.79 Å². The number of carbonyl (C=O) groups is 1. The summed E-state index contributed by atoms with van der Waals surface area (Å²) < 4.78 is 5.42. The Morgan fingerprint density at radius 1 is 1.25 bits per heavy atom. The molecule has 3 nitrogen and oxygen atoms in total. The van der Waals surface area contributed by atoms with Gasteiger partial charge in [-0.25, -0.2) is 0 Å². The van der Waals surface area contributed by atoms with Crippen molar-refractivity contribution in [3.63, 3.8) is 0 Å². The monoisotopic (exact) mass is 218 g/mol. The van der Waals surface area contributed by atoms with E-state index in [-0.39, 0.29) is 18.8 Å². The van der Waals surface area contributed by atoms with E-state index in [2.05, 4.69) is 0 Å². The van der Waals surface area contributed by atoms with Crippen molar-refractivity contribution in [2.75, 3.05) is 6.61 Å². The number of aliphatic hydroxyl groups excluding tert-OH is 1. The quantitative estimate of drug-likeness (QED) is 0.832. The molecule has 1 N–H and O–H groups in total. The van der Waals surface area contributed by atoms with E-state index in [1.54, 1.807) is 6.08 Å². The molecular formula is C13H14O3. The van der Waals surface area contributed by atoms with Crippen LogP contribution in [0, 0.1) is 0 Å². The molecule has 2 rings (SSSR count). The zero-order valence-electron chi connectivity index (χ0n) is 8.93. The summed E-state index contributed by atoms with van der Waals surface area (Å²) in [5.41, 5.74) is 1.66. The third-order valence-corrected chi connectivity index (χ3v) is 2.52. The molecule has 0 saturated carbocycles. The Bertz CT molecular complexity index is 395. The van der Waals surface area contributed by atoms with Gasteiger partial charge in [0.05, 0.1) is 19.3 Å². The van der Waals surface area contributed by atoms with Crippen LogP contribution in [0.1, 0.15) is 12.0 Å². The van der Waals surface area contributed by atoms with Crippen molar-refractivity contribution in [3.8, 4) is 0 Å². The van der Waals surface area contributed by atoms with Gasteiger partial charge >= 0.3 is 0 Å². The first kappa shape index (κ1) is 11.0. The van der Waals surface area contributed by atoms with E-state index in [0.717, 1.165) is 5.56 Å². The highest BCUT2D eigenvalue weighted by Crippen LogP contribution is 2.15. The van der Waals surface area contributed by atoms with Gasteiger partial charge in [-0.15, -0.1) is 0 Å². The molecule has 0 bridgehead atoms. The van der Waals surface area contributed by atoms with E-state index in [9.17, 15) is 9.90 Å². The predicted octanol–water partition coefficient (Wildman–Crippen LogP) is 1.46. The van der Waals surface area contributed by atoms with Crippen molar-refractivity contribution < 1.29 is 14.6 Å². The highest BCUT2D eigenvalue weighted by molar-refractivity contribution is 5.98. The fraction of sp³-hybridized carbons (Fsp3) is 0.308. The lowest BCUT2D eigenvalue weighted by atomic mass is 10.2. The number of ketones is 1. The van der Waals surface area contributed by atoms with Gasteiger partial charge in [0.25, 0.3) is 0 Å². The van der Waals surface area contributed by atoms with Crippen molar-refractivity contribution >= 4 is 5.78 Å². The van der Waals surface area contributed by atoms with Crippen molar-refractivity contribution in [1.82, 2.24) is 0 Å². The smallest absolute Gasteiger partial charge is 0.163 e. The normalized spacial score (nSPS) is 19.9. The Morgan fingerprint density at radius 3 is 2.62 bits per heavy atom. The van der Waals surface area contributed by atoms with Crippen LogP contribution in [0.3, 0.4) is 0 Å². The third kappa shape index (κ3) is 2.78. The summed E-state index contributed by atoms with van der Waals surface area (Å²) in [7, 11) is 0. The zero-order valence-corrected chi connectivity index (χ0v) is 8.93. The van der Waals surface area contributed by atoms with Crippen molar-refractivity contribution in [2.24, 2.45) is 0 Å². The molecule has 0 amide bonds. The van der Waals surface area contributed by atoms with E-state index < -0.39 is 6.10 Å². The zero-order chi connectivity index (χ0) is 11.4. The van der Waals surface area contributed by atoms with Gasteiger partial charge in [-0.2, -0.15) is 0 Å². The SMILES string of the molecule is O=C1C[C@@H](O)C=C1COCc1ccccc1. The van der Waals surface area contributed by atoms with Crippen LogP contribution < -0.4 is 0 Å². The molecule has 0 spiro atoms. The second kappa shape index (κ2) is 5.05. The van der Waals surface area contributed by atoms with E-state index in [0.29, 0.717) is 12.2 Å². The number of benzene rings is 1. The lowest BCUT2D eigenvalue weighted by Gasteiger charge is -2.03. The molecule has 0 saturated heterocycles. The topological polar surface area (TPSA) is 46.5 Å². The molecular weight excluding hydrogens is 204 g/mol. The first-order chi connectivity index (χ1) is 7.75. The van der Waals surface area contributed by atoms with Crippen molar-refractivity contribution in [3.05, 3.63) is 47.5 Å². The van der Waals surface area contributed by atoms with Gasteiger partial charge in [0.15, 0.2) is 5.78 Å². The molecule has 1 atom stereocenters. The summed E-state index contributed by atoms with van der Waals surface area (Å²) in [6, 6.07) is 9.78. The van der Waals surface area contributed by atoms with Gasteiger partial charge in [-0.1, -0.05) is 30.3 Å². The lowest BCUT2D eigenvalue weighted by molar-refractivity contribution is -0.116. The number of carbonyl (C=O) groups excluding carboxylic acids is 1. The summed E-state index contributed by atoms with van der Waals surface area (Å²) in [6.07, 6.45) is 1.15. The van der Waals surface area contributed by atoms with E-state index in [4.69, 9.17) is 4.74 Å². The van der Waals surface area contributed by atoms with Gasteiger partial charge < -0.3 is 9.84 Å². The summed E-state index contributed by atoms with van der Waals surface area (Å²) in [5, 5.41) is 9.23. The first-order valence-corrected chi connectivity index (χ1v) is 5.29. The fourth-order valence-electron chi connectivity index (χ4n) is 1.69. The minimum atomic E-state index is -0.622. The summed E-state index contributed by atoms with van der Waals surface area (Å²) in [6.45, 7) is 0.770. The molecule has 0 fully saturated rings. The molecule has 0 heterocycles. The van der Waals surface area contributed by atoms with Crippen LogP contribution in [-0.4, -0.2) is 23.6 Å². The molecule has 1 aromatic carbocycles. The highest BCUT2D eigenvalue weighted by atomic mass is 16.5. The highest BCUT2D eigenvalue weighted by Gasteiger charge is 2.21. The van der Waals surface area contributed by atoms with Crippen molar-refractivity contribution in [2.45, 2.75) is 19.1 Å². The average molecular weight is 218 g/mol. The van der Waals surface area contributed by atoms with Gasteiger partial charge in [0.2, 0.25) is 0 Å². The molecule has 0 aromatic heterocycles. The maximum Gasteiger partial charge on any atom is 0.163 e. The predicted molar refractivity (Wildman–Crippen MR) is 59.8 cm³/mol. The summed E-state index contributed by atoms with van der Waals surface area (Å²) in [4.78, 5) is 11.3. The molecule has 1 aromatic rings. The minimum Gasteiger partial charge on any atom is -0.389 e. The number of rotatable bonds is 4. The Balaban J connectivity index is 1.81. The number of aliphatic hydroxyl groups is 1. The third-order valence-electron chi connectivity index (χ3n) is 2.52. The molecule has 3 heteroatoms. The number of ether oxygens (including phenoxy) is 1. The Labute approximate surface area is 94.4 Å². The average Bonchev–Trinajstić information content (AvgIpc) is 2.59. The fourth-order valence-corrected chi connectivity index (χ4v) is 1.69. The second-order valence-electron chi connectivity index (χ2n) is 3.86. The van der Waals surface area contributed by atoms with Gasteiger partial charge in [-0.05, 0) is 11.6 Å². The van der Waals surface area contributed by atoms with Crippen LogP contribution in [0.2, 0.25) is 0 Å². The van der Waals surface area contributed by atoms with Crippen LogP contribution in [0.5, 0.6) is 0 Å². The maximum atomic E-state index is 11.3. The number of hydrogen-bond donors (Lipinski definition) is 1. The number of Topliss-reactive ketones (excluding diaryl/α,β-unsaturated/α-hetero) is 1. The maximum absolute atomic E-state index is 11.3. The number of hydrogen-bond acceptors (Lipinski definition) is 3. The molecule has 0 radical (unpaired) electrons. The van der Waals surface area contributed by atoms with Crippen molar-refractivity contribution in [1.29, 1.82) is 0 Å². The molecule has 0 unspecified atom stereocenters. The Kier molecular flexibility index (Phi) is 3.49. The van der Waals surface area contributed by atoms with Gasteiger partial charge in [0.1, 0.15) is 0 Å². The van der Waals surface area contributed by atoms with E-state index >= 15 is 0 Å². The van der Waals surface area contributed by atoms with E-state index in [1.807, 2.05) is 30.3 Å². The molecule has 0 aliphatic heterocycles. The molecule has 1 aliphatic rings. The largest absolute Gasteiger partial charge is 0.389 e. The second-order valence-corrected chi connectivity index (χ2v) is 3.86. The van der Waals surface area contributed by atoms with Crippen LogP contribution in [-0.2, 0) is 16.1 Å². The molecule has 16 heavy (non-hydrogen) atoms. The van der Waals surface area contributed by atoms with Crippen LogP contribution in [0.15, 0.2) is 42.0 Å². The molecule has 1 aliphatic carbocycles. The van der Waals surface area contributed by atoms with Gasteiger partial charge in [0, 0.05) is 12.0 Å². The lowest BCUT2D eigenvalue weighted by Crippen LogP contribution is -2.05. The van der Waals surface area contributed by atoms with Crippen LogP contribution in [0.4, 0.5) is 0 Å². The van der Waals surface area contributed by atoms with E-state index in [1.165, 1.54) is 0 Å². The first-order valence-electron chi connectivity index (χ1n) is 5.29. The summed E-state index contributed by atoms with van der Waals surface area (Å²) in [5.74, 6) is -0.0134. The minimum absolute atomic E-state index is 0.0134. The standard InChI is InChI=1S/C13H14O3/c14-12-6-11(13(15)7-12)9-16-8-10-4-2-1-3-5-10/h1-6,12,14H,7-9H2/t12-/m0/s1. The molecule has 84 valence electrons. The Morgan fingerprint density at radius 2 is 2.00 bits per heavy atom. The van der Waals surface area contributed by atoms with Crippen LogP contribution in [0.25, 0.3) is 0 Å². The Hall–Kier alpha value is -1.45.